The molecule has 6 nitrogen and oxygen atoms in total. The maximum Gasteiger partial charge on any atom is 0.258 e. The molecule has 0 atom stereocenters. The number of benzene rings is 1. The van der Waals surface area contributed by atoms with E-state index in [0.717, 1.165) is 25.9 Å². The van der Waals surface area contributed by atoms with E-state index in [1.165, 1.54) is 24.3 Å². The summed E-state index contributed by atoms with van der Waals surface area (Å²) in [6.07, 6.45) is 5.25. The number of anilines is 2. The van der Waals surface area contributed by atoms with Gasteiger partial charge in [0.1, 0.15) is 11.5 Å². The number of rotatable bonds is 9. The van der Waals surface area contributed by atoms with Crippen molar-refractivity contribution in [1.82, 2.24) is 9.97 Å². The third-order valence-electron chi connectivity index (χ3n) is 4.36. The lowest BCUT2D eigenvalue weighted by atomic mass is 10.2. The van der Waals surface area contributed by atoms with Gasteiger partial charge < -0.3 is 9.80 Å². The van der Waals surface area contributed by atoms with Gasteiger partial charge in [0.05, 0.1) is 6.20 Å². The lowest BCUT2D eigenvalue weighted by Gasteiger charge is -2.24. The minimum absolute atomic E-state index is 0.242. The van der Waals surface area contributed by atoms with Crippen LogP contribution in [0.4, 0.5) is 21.8 Å². The number of hydrogen-bond donors (Lipinski definition) is 0. The molecule has 7 heteroatoms. The number of aliphatic imine (C=N–C) groups is 1. The monoisotopic (exact) mass is 385 g/mol. The van der Waals surface area contributed by atoms with Crippen LogP contribution in [0.25, 0.3) is 0 Å². The highest BCUT2D eigenvalue weighted by Crippen LogP contribution is 2.29. The second-order valence-corrected chi connectivity index (χ2v) is 6.21. The highest BCUT2D eigenvalue weighted by atomic mass is 19.1. The Hall–Kier alpha value is -2.83. The van der Waals surface area contributed by atoms with Crippen LogP contribution in [0.1, 0.15) is 50.9 Å². The standard InChI is InChI=1S/C21H28FN5O/c1-5-9-14-23-19-18(15-24-21(25-19)26(6-2)7-3)27(8-4)20(28)16-10-12-17(22)13-11-16/h10-15H,5-9H2,1-4H3. The summed E-state index contributed by atoms with van der Waals surface area (Å²) in [5.74, 6) is 0.426. The molecule has 1 heterocycles. The summed E-state index contributed by atoms with van der Waals surface area (Å²) in [6, 6.07) is 5.51. The van der Waals surface area contributed by atoms with Gasteiger partial charge in [0.25, 0.3) is 5.91 Å². The first kappa shape index (κ1) is 21.5. The van der Waals surface area contributed by atoms with E-state index in [4.69, 9.17) is 0 Å². The van der Waals surface area contributed by atoms with Crippen molar-refractivity contribution in [2.24, 2.45) is 4.99 Å². The van der Waals surface area contributed by atoms with E-state index in [1.807, 2.05) is 31.9 Å². The molecule has 0 aliphatic heterocycles. The number of halogens is 1. The van der Waals surface area contributed by atoms with Gasteiger partial charge in [0.15, 0.2) is 5.82 Å². The van der Waals surface area contributed by atoms with Crippen molar-refractivity contribution in [1.29, 1.82) is 0 Å². The number of aromatic nitrogens is 2. The van der Waals surface area contributed by atoms with Crippen LogP contribution >= 0.6 is 0 Å². The van der Waals surface area contributed by atoms with Crippen molar-refractivity contribution < 1.29 is 9.18 Å². The van der Waals surface area contributed by atoms with Crippen LogP contribution in [0, 0.1) is 5.82 Å². The number of unbranched alkanes of at least 4 members (excludes halogenated alkanes) is 1. The van der Waals surface area contributed by atoms with Crippen molar-refractivity contribution >= 4 is 29.6 Å². The number of carbonyl (C=O) groups excluding carboxylic acids is 1. The lowest BCUT2D eigenvalue weighted by molar-refractivity contribution is 0.0988. The quantitative estimate of drug-likeness (QED) is 0.591. The number of hydrogen-bond acceptors (Lipinski definition) is 5. The van der Waals surface area contributed by atoms with E-state index in [0.29, 0.717) is 29.6 Å². The van der Waals surface area contributed by atoms with Gasteiger partial charge in [-0.3, -0.25) is 4.79 Å². The first-order valence-corrected chi connectivity index (χ1v) is 9.77. The molecule has 1 amide bonds. The second kappa shape index (κ2) is 10.5. The maximum absolute atomic E-state index is 13.2. The van der Waals surface area contributed by atoms with Crippen molar-refractivity contribution in [2.75, 3.05) is 29.4 Å². The van der Waals surface area contributed by atoms with Crippen molar-refractivity contribution in [3.05, 3.63) is 41.8 Å². The van der Waals surface area contributed by atoms with Gasteiger partial charge in [0, 0.05) is 31.4 Å². The number of carbonyl (C=O) groups is 1. The van der Waals surface area contributed by atoms with E-state index < -0.39 is 0 Å². The zero-order valence-electron chi connectivity index (χ0n) is 17.0. The molecule has 1 aromatic carbocycles. The number of nitrogens with zero attached hydrogens (tertiary/aromatic N) is 5. The molecule has 1 aromatic heterocycles. The zero-order valence-corrected chi connectivity index (χ0v) is 17.0. The van der Waals surface area contributed by atoms with Crippen LogP contribution in [0.15, 0.2) is 35.5 Å². The van der Waals surface area contributed by atoms with Crippen LogP contribution in [0.2, 0.25) is 0 Å². The van der Waals surface area contributed by atoms with Crippen LogP contribution in [-0.2, 0) is 0 Å². The van der Waals surface area contributed by atoms with Crippen LogP contribution in [0.3, 0.4) is 0 Å². The Bertz CT molecular complexity index is 803. The third kappa shape index (κ3) is 5.12. The van der Waals surface area contributed by atoms with E-state index in [1.54, 1.807) is 11.1 Å². The van der Waals surface area contributed by atoms with Gasteiger partial charge in [-0.15, -0.1) is 0 Å². The number of amides is 1. The zero-order chi connectivity index (χ0) is 20.5. The minimum Gasteiger partial charge on any atom is -0.341 e. The fourth-order valence-corrected chi connectivity index (χ4v) is 2.75. The Kier molecular flexibility index (Phi) is 8.04. The average Bonchev–Trinajstić information content (AvgIpc) is 2.71. The average molecular weight is 385 g/mol. The molecule has 0 saturated carbocycles. The third-order valence-corrected chi connectivity index (χ3v) is 4.36. The minimum atomic E-state index is -0.378. The fraction of sp³-hybridized carbons (Fsp3) is 0.429. The summed E-state index contributed by atoms with van der Waals surface area (Å²) >= 11 is 0. The molecule has 0 N–H and O–H groups in total. The van der Waals surface area contributed by atoms with Gasteiger partial charge in [-0.05, 0) is 51.5 Å². The normalized spacial score (nSPS) is 11.0. The Morgan fingerprint density at radius 1 is 1.11 bits per heavy atom. The first-order valence-electron chi connectivity index (χ1n) is 9.77. The second-order valence-electron chi connectivity index (χ2n) is 6.21. The summed E-state index contributed by atoms with van der Waals surface area (Å²) in [4.78, 5) is 30.2. The predicted octanol–water partition coefficient (Wildman–Crippen LogP) is 4.63. The van der Waals surface area contributed by atoms with Crippen LogP contribution in [0.5, 0.6) is 0 Å². The van der Waals surface area contributed by atoms with E-state index >= 15 is 0 Å². The van der Waals surface area contributed by atoms with Crippen molar-refractivity contribution in [2.45, 2.75) is 40.5 Å². The molecule has 2 rings (SSSR count). The largest absolute Gasteiger partial charge is 0.341 e. The molecule has 0 saturated heterocycles. The van der Waals surface area contributed by atoms with Crippen molar-refractivity contribution in [3.8, 4) is 0 Å². The molecule has 0 aliphatic carbocycles. The Morgan fingerprint density at radius 3 is 2.36 bits per heavy atom. The smallest absolute Gasteiger partial charge is 0.258 e. The molecule has 0 aliphatic rings. The topological polar surface area (TPSA) is 61.7 Å². The molecule has 0 radical (unpaired) electrons. The first-order chi connectivity index (χ1) is 13.5. The molecule has 0 fully saturated rings. The summed E-state index contributed by atoms with van der Waals surface area (Å²) in [5, 5.41) is 0. The van der Waals surface area contributed by atoms with Gasteiger partial charge in [-0.2, -0.15) is 4.98 Å². The summed E-state index contributed by atoms with van der Waals surface area (Å²) in [5.41, 5.74) is 0.944. The lowest BCUT2D eigenvalue weighted by Crippen LogP contribution is -2.31. The van der Waals surface area contributed by atoms with Gasteiger partial charge in [-0.1, -0.05) is 13.3 Å². The molecule has 0 bridgehead atoms. The summed E-state index contributed by atoms with van der Waals surface area (Å²) in [6.45, 7) is 10.00. The van der Waals surface area contributed by atoms with E-state index in [9.17, 15) is 9.18 Å². The Morgan fingerprint density at radius 2 is 1.79 bits per heavy atom. The molecular weight excluding hydrogens is 357 g/mol. The Balaban J connectivity index is 2.46. The van der Waals surface area contributed by atoms with Gasteiger partial charge in [-0.25, -0.2) is 14.4 Å². The summed E-state index contributed by atoms with van der Waals surface area (Å²) < 4.78 is 13.2. The van der Waals surface area contributed by atoms with E-state index in [2.05, 4.69) is 21.9 Å². The SMILES string of the molecule is CCCC=Nc1nc(N(CC)CC)ncc1N(CC)C(=O)c1ccc(F)cc1. The molecule has 0 spiro atoms. The fourth-order valence-electron chi connectivity index (χ4n) is 2.75. The molecule has 2 aromatic rings. The highest BCUT2D eigenvalue weighted by molar-refractivity contribution is 6.07. The highest BCUT2D eigenvalue weighted by Gasteiger charge is 2.21. The van der Waals surface area contributed by atoms with Gasteiger partial charge >= 0.3 is 0 Å². The van der Waals surface area contributed by atoms with Crippen LogP contribution in [-0.4, -0.2) is 41.7 Å². The Labute approximate surface area is 166 Å². The summed E-state index contributed by atoms with van der Waals surface area (Å²) in [7, 11) is 0. The maximum atomic E-state index is 13.2. The van der Waals surface area contributed by atoms with Gasteiger partial charge in [0.2, 0.25) is 5.95 Å². The van der Waals surface area contributed by atoms with Crippen molar-refractivity contribution in [3.63, 3.8) is 0 Å². The van der Waals surface area contributed by atoms with Crippen LogP contribution < -0.4 is 9.80 Å². The molecule has 150 valence electrons. The predicted molar refractivity (Wildman–Crippen MR) is 112 cm³/mol. The molecule has 0 unspecified atom stereocenters. The van der Waals surface area contributed by atoms with E-state index in [-0.39, 0.29) is 11.7 Å². The molecular formula is C21H28FN5O. The molecule has 28 heavy (non-hydrogen) atoms.